The molecule has 1 aliphatic rings. The van der Waals surface area contributed by atoms with Gasteiger partial charge in [0.05, 0.1) is 0 Å². The second-order valence-electron chi connectivity index (χ2n) is 7.22. The molecule has 27 heavy (non-hydrogen) atoms. The van der Waals surface area contributed by atoms with Gasteiger partial charge < -0.3 is 10.6 Å². The minimum Gasteiger partial charge on any atom is -0.356 e. The fourth-order valence-electron chi connectivity index (χ4n) is 3.80. The Bertz CT molecular complexity index is 693. The Kier molecular flexibility index (Phi) is 9.86. The van der Waals surface area contributed by atoms with Gasteiger partial charge in [-0.2, -0.15) is 0 Å². The summed E-state index contributed by atoms with van der Waals surface area (Å²) in [6, 6.07) is 5.97. The van der Waals surface area contributed by atoms with Gasteiger partial charge in [0.15, 0.2) is 11.6 Å². The Balaban J connectivity index is 0.00000261. The van der Waals surface area contributed by atoms with Crippen LogP contribution in [0.2, 0.25) is 0 Å². The highest BCUT2D eigenvalue weighted by molar-refractivity contribution is 14.0. The van der Waals surface area contributed by atoms with Gasteiger partial charge in [0.2, 0.25) is 0 Å². The molecule has 0 unspecified atom stereocenters. The highest BCUT2D eigenvalue weighted by Crippen LogP contribution is 2.28. The van der Waals surface area contributed by atoms with E-state index >= 15 is 0 Å². The predicted octanol–water partition coefficient (Wildman–Crippen LogP) is 3.81. The van der Waals surface area contributed by atoms with Crippen molar-refractivity contribution < 1.29 is 0 Å². The zero-order valence-corrected chi connectivity index (χ0v) is 18.7. The molecule has 2 N–H and O–H groups in total. The SMILES string of the molecule is CN=C(NCCCCC1CCCC1)NCCCc1nnc2ccccn12.I. The highest BCUT2D eigenvalue weighted by Gasteiger charge is 2.13. The van der Waals surface area contributed by atoms with Crippen molar-refractivity contribution in [3.05, 3.63) is 30.2 Å². The van der Waals surface area contributed by atoms with E-state index in [-0.39, 0.29) is 24.0 Å². The zero-order valence-electron chi connectivity index (χ0n) is 16.4. The Hall–Kier alpha value is -1.38. The molecule has 2 aromatic rings. The van der Waals surface area contributed by atoms with Crippen LogP contribution in [0.25, 0.3) is 5.65 Å². The minimum absolute atomic E-state index is 0. The number of rotatable bonds is 9. The van der Waals surface area contributed by atoms with Gasteiger partial charge in [-0.05, 0) is 30.9 Å². The van der Waals surface area contributed by atoms with Gasteiger partial charge in [0.1, 0.15) is 5.82 Å². The number of guanidine groups is 1. The van der Waals surface area contributed by atoms with Crippen LogP contribution in [0.4, 0.5) is 0 Å². The molecule has 0 bridgehead atoms. The first kappa shape index (κ1) is 21.9. The second-order valence-corrected chi connectivity index (χ2v) is 7.22. The van der Waals surface area contributed by atoms with Crippen LogP contribution in [0, 0.1) is 5.92 Å². The van der Waals surface area contributed by atoms with E-state index in [0.717, 1.165) is 49.3 Å². The lowest BCUT2D eigenvalue weighted by Crippen LogP contribution is -2.38. The first-order chi connectivity index (χ1) is 12.9. The molecular weight excluding hydrogens is 451 g/mol. The molecule has 6 nitrogen and oxygen atoms in total. The first-order valence-electron chi connectivity index (χ1n) is 10.1. The molecule has 0 aromatic carbocycles. The van der Waals surface area contributed by atoms with Gasteiger partial charge >= 0.3 is 0 Å². The second kappa shape index (κ2) is 12.2. The topological polar surface area (TPSA) is 66.6 Å². The van der Waals surface area contributed by atoms with E-state index in [2.05, 4.69) is 30.2 Å². The van der Waals surface area contributed by atoms with Crippen molar-refractivity contribution in [1.29, 1.82) is 0 Å². The molecule has 0 spiro atoms. The fraction of sp³-hybridized carbons (Fsp3) is 0.650. The number of hydrogen-bond donors (Lipinski definition) is 2. The van der Waals surface area contributed by atoms with Gasteiger partial charge in [-0.1, -0.05) is 44.6 Å². The Morgan fingerprint density at radius 1 is 1.11 bits per heavy atom. The van der Waals surface area contributed by atoms with Crippen LogP contribution in [-0.4, -0.2) is 40.7 Å². The van der Waals surface area contributed by atoms with Crippen molar-refractivity contribution in [2.24, 2.45) is 10.9 Å². The average molecular weight is 484 g/mol. The lowest BCUT2D eigenvalue weighted by Gasteiger charge is -2.12. The van der Waals surface area contributed by atoms with Crippen LogP contribution in [0.3, 0.4) is 0 Å². The number of aryl methyl sites for hydroxylation is 1. The number of nitrogens with one attached hydrogen (secondary N) is 2. The summed E-state index contributed by atoms with van der Waals surface area (Å²) in [5, 5.41) is 15.3. The number of fused-ring (bicyclic) bond motifs is 1. The summed E-state index contributed by atoms with van der Waals surface area (Å²) >= 11 is 0. The summed E-state index contributed by atoms with van der Waals surface area (Å²) in [7, 11) is 1.83. The summed E-state index contributed by atoms with van der Waals surface area (Å²) in [5.74, 6) is 2.91. The summed E-state index contributed by atoms with van der Waals surface area (Å²) < 4.78 is 2.05. The van der Waals surface area contributed by atoms with Crippen molar-refractivity contribution in [1.82, 2.24) is 25.2 Å². The van der Waals surface area contributed by atoms with Crippen LogP contribution in [0.5, 0.6) is 0 Å². The third-order valence-electron chi connectivity index (χ3n) is 5.28. The molecule has 0 amide bonds. The quantitative estimate of drug-likeness (QED) is 0.246. The summed E-state index contributed by atoms with van der Waals surface area (Å²) in [6.07, 6.45) is 13.7. The van der Waals surface area contributed by atoms with Gasteiger partial charge in [-0.3, -0.25) is 9.39 Å². The molecule has 2 heterocycles. The summed E-state index contributed by atoms with van der Waals surface area (Å²) in [5.41, 5.74) is 0.908. The Morgan fingerprint density at radius 3 is 2.67 bits per heavy atom. The maximum Gasteiger partial charge on any atom is 0.190 e. The summed E-state index contributed by atoms with van der Waals surface area (Å²) in [4.78, 5) is 4.31. The minimum atomic E-state index is 0. The molecule has 1 fully saturated rings. The molecule has 7 heteroatoms. The van der Waals surface area contributed by atoms with E-state index in [4.69, 9.17) is 0 Å². The Labute approximate surface area is 179 Å². The maximum absolute atomic E-state index is 4.31. The predicted molar refractivity (Wildman–Crippen MR) is 122 cm³/mol. The van der Waals surface area contributed by atoms with E-state index in [0.29, 0.717) is 0 Å². The van der Waals surface area contributed by atoms with Crippen molar-refractivity contribution >= 4 is 35.6 Å². The van der Waals surface area contributed by atoms with Crippen molar-refractivity contribution in [3.8, 4) is 0 Å². The van der Waals surface area contributed by atoms with Gasteiger partial charge in [-0.15, -0.1) is 34.2 Å². The molecule has 1 aliphatic carbocycles. The maximum atomic E-state index is 4.31. The van der Waals surface area contributed by atoms with Crippen LogP contribution in [-0.2, 0) is 6.42 Å². The molecule has 0 saturated heterocycles. The lowest BCUT2D eigenvalue weighted by atomic mass is 10.0. The van der Waals surface area contributed by atoms with Crippen LogP contribution in [0.1, 0.15) is 57.2 Å². The molecule has 150 valence electrons. The first-order valence-corrected chi connectivity index (χ1v) is 10.1. The number of nitrogens with zero attached hydrogens (tertiary/aromatic N) is 4. The number of hydrogen-bond acceptors (Lipinski definition) is 3. The molecule has 2 aromatic heterocycles. The van der Waals surface area contributed by atoms with Gasteiger partial charge in [-0.25, -0.2) is 0 Å². The van der Waals surface area contributed by atoms with Gasteiger partial charge in [0, 0.05) is 32.8 Å². The molecule has 0 atom stereocenters. The van der Waals surface area contributed by atoms with E-state index in [9.17, 15) is 0 Å². The highest BCUT2D eigenvalue weighted by atomic mass is 127. The largest absolute Gasteiger partial charge is 0.356 e. The number of halogens is 1. The fourth-order valence-corrected chi connectivity index (χ4v) is 3.80. The van der Waals surface area contributed by atoms with Crippen LogP contribution < -0.4 is 10.6 Å². The van der Waals surface area contributed by atoms with Crippen molar-refractivity contribution in [2.75, 3.05) is 20.1 Å². The van der Waals surface area contributed by atoms with Crippen LogP contribution >= 0.6 is 24.0 Å². The Morgan fingerprint density at radius 2 is 1.89 bits per heavy atom. The number of pyridine rings is 1. The molecular formula is C20H33IN6. The van der Waals surface area contributed by atoms with E-state index < -0.39 is 0 Å². The third kappa shape index (κ3) is 6.93. The zero-order chi connectivity index (χ0) is 18.0. The molecule has 3 rings (SSSR count). The third-order valence-corrected chi connectivity index (χ3v) is 5.28. The van der Waals surface area contributed by atoms with E-state index in [1.165, 1.54) is 44.9 Å². The number of aromatic nitrogens is 3. The van der Waals surface area contributed by atoms with Crippen molar-refractivity contribution in [3.63, 3.8) is 0 Å². The molecule has 0 radical (unpaired) electrons. The normalized spacial score (nSPS) is 15.1. The van der Waals surface area contributed by atoms with E-state index in [1.54, 1.807) is 0 Å². The van der Waals surface area contributed by atoms with Gasteiger partial charge in [0.25, 0.3) is 0 Å². The number of unbranched alkanes of at least 4 members (excludes halogenated alkanes) is 1. The molecule has 0 aliphatic heterocycles. The monoisotopic (exact) mass is 484 g/mol. The molecule has 1 saturated carbocycles. The number of aliphatic imine (C=N–C) groups is 1. The average Bonchev–Trinajstić information content (AvgIpc) is 3.33. The van der Waals surface area contributed by atoms with Crippen molar-refractivity contribution in [2.45, 2.75) is 57.8 Å². The summed E-state index contributed by atoms with van der Waals surface area (Å²) in [6.45, 7) is 1.88. The smallest absolute Gasteiger partial charge is 0.190 e. The lowest BCUT2D eigenvalue weighted by molar-refractivity contribution is 0.472. The van der Waals surface area contributed by atoms with Crippen LogP contribution in [0.15, 0.2) is 29.4 Å². The standard InChI is InChI=1S/C20H32N6.HI/c1-21-20(22-14-6-4-11-17-9-2-3-10-17)23-15-8-13-19-25-24-18-12-5-7-16-26(18)19;/h5,7,12,16-17H,2-4,6,8-11,13-15H2,1H3,(H2,21,22,23);1H. The van der Waals surface area contributed by atoms with E-state index in [1.807, 2.05) is 31.4 Å².